The van der Waals surface area contributed by atoms with Crippen LogP contribution in [0.25, 0.3) is 0 Å². The van der Waals surface area contributed by atoms with Gasteiger partial charge >= 0.3 is 0 Å². The summed E-state index contributed by atoms with van der Waals surface area (Å²) in [6.45, 7) is 9.14. The molecule has 36 heavy (non-hydrogen) atoms. The Balaban J connectivity index is 1.89. The van der Waals surface area contributed by atoms with Crippen molar-refractivity contribution in [2.45, 2.75) is 64.4 Å². The normalized spacial score (nSPS) is 23.6. The fraction of sp³-hybridized carbons (Fsp3) is 0.438. The Morgan fingerprint density at radius 3 is 2.03 bits per heavy atom. The van der Waals surface area contributed by atoms with E-state index in [1.807, 2.05) is 36.4 Å². The molecule has 0 aromatic heterocycles. The average Bonchev–Trinajstić information content (AvgIpc) is 2.92. The molecule has 0 heterocycles. The van der Waals surface area contributed by atoms with E-state index in [-0.39, 0.29) is 17.5 Å². The van der Waals surface area contributed by atoms with Crippen LogP contribution in [-0.4, -0.2) is 12.8 Å². The quantitative estimate of drug-likeness (QED) is 0.299. The summed E-state index contributed by atoms with van der Waals surface area (Å²) in [6, 6.07) is 29.0. The molecule has 192 valence electrons. The summed E-state index contributed by atoms with van der Waals surface area (Å²) in [5.41, 5.74) is 2.39. The number of hydrogen-bond donors (Lipinski definition) is 1. The molecular weight excluding hydrogens is 461 g/mol. The Kier molecular flexibility index (Phi) is 8.75. The third-order valence-corrected chi connectivity index (χ3v) is 12.1. The zero-order valence-corrected chi connectivity index (χ0v) is 23.3. The topological polar surface area (TPSA) is 38.3 Å². The highest BCUT2D eigenvalue weighted by Gasteiger charge is 2.49. The van der Waals surface area contributed by atoms with Crippen molar-refractivity contribution in [3.8, 4) is 5.75 Å². The molecule has 3 nitrogen and oxygen atoms in total. The molecule has 4 heteroatoms. The Labute approximate surface area is 218 Å². The van der Waals surface area contributed by atoms with Gasteiger partial charge in [-0.05, 0) is 60.8 Å². The molecule has 3 aromatic rings. The van der Waals surface area contributed by atoms with Gasteiger partial charge < -0.3 is 9.30 Å². The number of nitrogens with one attached hydrogen (secondary N) is 1. The highest BCUT2D eigenvalue weighted by molar-refractivity contribution is 7.72. The van der Waals surface area contributed by atoms with E-state index < -0.39 is 7.14 Å². The van der Waals surface area contributed by atoms with Crippen molar-refractivity contribution in [3.05, 3.63) is 96.1 Å². The average molecular weight is 504 g/mol. The zero-order valence-electron chi connectivity index (χ0n) is 22.4. The van der Waals surface area contributed by atoms with E-state index in [9.17, 15) is 0 Å². The Morgan fingerprint density at radius 1 is 0.833 bits per heavy atom. The van der Waals surface area contributed by atoms with Crippen molar-refractivity contribution in [3.63, 3.8) is 0 Å². The van der Waals surface area contributed by atoms with Crippen molar-refractivity contribution in [1.29, 1.82) is 0 Å². The lowest BCUT2D eigenvalue weighted by atomic mass is 9.77. The second kappa shape index (κ2) is 11.8. The first-order chi connectivity index (χ1) is 17.3. The third-order valence-electron chi connectivity index (χ3n) is 8.16. The minimum absolute atomic E-state index is 0.0499. The first-order valence-electron chi connectivity index (χ1n) is 13.4. The number of benzene rings is 3. The minimum atomic E-state index is -2.98. The summed E-state index contributed by atoms with van der Waals surface area (Å²) in [7, 11) is -1.29. The maximum absolute atomic E-state index is 16.0. The molecule has 1 fully saturated rings. The summed E-state index contributed by atoms with van der Waals surface area (Å²) in [5.74, 6) is 2.02. The highest BCUT2D eigenvalue weighted by atomic mass is 31.2. The van der Waals surface area contributed by atoms with E-state index in [4.69, 9.17) is 4.74 Å². The number of ether oxygens (including phenoxy) is 1. The summed E-state index contributed by atoms with van der Waals surface area (Å²) >= 11 is 0. The van der Waals surface area contributed by atoms with E-state index in [1.165, 1.54) is 12.0 Å². The van der Waals surface area contributed by atoms with Crippen molar-refractivity contribution >= 4 is 12.4 Å². The van der Waals surface area contributed by atoms with Crippen molar-refractivity contribution in [1.82, 2.24) is 5.32 Å². The smallest absolute Gasteiger partial charge is 0.139 e. The second-order valence-corrected chi connectivity index (χ2v) is 14.0. The van der Waals surface area contributed by atoms with Crippen molar-refractivity contribution in [2.75, 3.05) is 7.11 Å². The van der Waals surface area contributed by atoms with Crippen LogP contribution >= 0.6 is 7.14 Å². The first kappa shape index (κ1) is 26.7. The predicted molar refractivity (Wildman–Crippen MR) is 153 cm³/mol. The minimum Gasteiger partial charge on any atom is -0.497 e. The molecule has 0 bridgehead atoms. The fourth-order valence-electron chi connectivity index (χ4n) is 6.08. The van der Waals surface area contributed by atoms with Crippen LogP contribution in [0.5, 0.6) is 5.75 Å². The Bertz CT molecular complexity index is 1130. The molecule has 0 amide bonds. The standard InChI is InChI=1S/C32H42NO2P/c1-23(2)30-21-16-24(3)22-31(30)36(34,29-14-10-7-11-15-29)32(27-17-19-28(35-5)20-18-27)33-25(4)26-12-8-6-9-13-26/h6-15,17-20,23-25,30-33H,16,21-22H2,1-5H3/t24-,25-,30+,31?,32+,36+/m1/s1. The van der Waals surface area contributed by atoms with Crippen LogP contribution in [0.4, 0.5) is 0 Å². The van der Waals surface area contributed by atoms with Crippen LogP contribution in [-0.2, 0) is 4.57 Å². The van der Waals surface area contributed by atoms with Crippen LogP contribution in [0.15, 0.2) is 84.9 Å². The molecule has 6 atom stereocenters. The summed E-state index contributed by atoms with van der Waals surface area (Å²) in [5, 5.41) is 4.88. The van der Waals surface area contributed by atoms with E-state index in [0.717, 1.165) is 29.5 Å². The second-order valence-electron chi connectivity index (χ2n) is 10.9. The van der Waals surface area contributed by atoms with Crippen LogP contribution < -0.4 is 15.4 Å². The van der Waals surface area contributed by atoms with Crippen LogP contribution in [0.2, 0.25) is 0 Å². The molecule has 0 aliphatic heterocycles. The summed E-state index contributed by atoms with van der Waals surface area (Å²) in [6.07, 6.45) is 3.36. The highest BCUT2D eigenvalue weighted by Crippen LogP contribution is 2.66. The summed E-state index contributed by atoms with van der Waals surface area (Å²) < 4.78 is 21.4. The molecular formula is C32H42NO2P. The van der Waals surface area contributed by atoms with Crippen LogP contribution in [0, 0.1) is 17.8 Å². The molecule has 1 unspecified atom stereocenters. The maximum Gasteiger partial charge on any atom is 0.139 e. The molecule has 1 saturated carbocycles. The van der Waals surface area contributed by atoms with Gasteiger partial charge in [0, 0.05) is 17.0 Å². The third kappa shape index (κ3) is 5.63. The Morgan fingerprint density at radius 2 is 1.44 bits per heavy atom. The van der Waals surface area contributed by atoms with Crippen LogP contribution in [0.3, 0.4) is 0 Å². The van der Waals surface area contributed by atoms with Gasteiger partial charge in [0.25, 0.3) is 0 Å². The van der Waals surface area contributed by atoms with E-state index in [1.54, 1.807) is 7.11 Å². The SMILES string of the molecule is COc1ccc([C@@H](N[C@H](C)c2ccccc2)[P@](=O)(c2ccccc2)C2C[C@H](C)CC[C@H]2C(C)C)cc1. The largest absolute Gasteiger partial charge is 0.497 e. The van der Waals surface area contributed by atoms with Gasteiger partial charge in [0.05, 0.1) is 12.9 Å². The maximum atomic E-state index is 16.0. The van der Waals surface area contributed by atoms with Gasteiger partial charge in [0.2, 0.25) is 0 Å². The molecule has 1 aliphatic carbocycles. The molecule has 0 saturated heterocycles. The lowest BCUT2D eigenvalue weighted by Gasteiger charge is -2.45. The van der Waals surface area contributed by atoms with E-state index in [2.05, 4.69) is 81.5 Å². The zero-order chi connectivity index (χ0) is 25.7. The van der Waals surface area contributed by atoms with E-state index >= 15 is 4.57 Å². The molecule has 0 spiro atoms. The number of methoxy groups -OCH3 is 1. The van der Waals surface area contributed by atoms with Gasteiger partial charge in [0.15, 0.2) is 0 Å². The molecule has 1 aliphatic rings. The summed E-state index contributed by atoms with van der Waals surface area (Å²) in [4.78, 5) is 0. The molecule has 3 aromatic carbocycles. The molecule has 1 N–H and O–H groups in total. The van der Waals surface area contributed by atoms with Crippen molar-refractivity contribution in [2.24, 2.45) is 17.8 Å². The predicted octanol–water partition coefficient (Wildman–Crippen LogP) is 8.19. The van der Waals surface area contributed by atoms with Gasteiger partial charge in [-0.2, -0.15) is 0 Å². The number of rotatable bonds is 9. The van der Waals surface area contributed by atoms with Gasteiger partial charge in [0.1, 0.15) is 12.9 Å². The molecule has 0 radical (unpaired) electrons. The van der Waals surface area contributed by atoms with Gasteiger partial charge in [-0.1, -0.05) is 100.0 Å². The molecule has 4 rings (SSSR count). The Hall–Kier alpha value is -2.35. The van der Waals surface area contributed by atoms with Gasteiger partial charge in [-0.3, -0.25) is 5.32 Å². The van der Waals surface area contributed by atoms with Crippen LogP contribution in [0.1, 0.15) is 69.9 Å². The fourth-order valence-corrected chi connectivity index (χ4v) is 10.6. The van der Waals surface area contributed by atoms with Gasteiger partial charge in [-0.15, -0.1) is 0 Å². The lowest BCUT2D eigenvalue weighted by Crippen LogP contribution is -2.39. The first-order valence-corrected chi connectivity index (χ1v) is 15.3. The van der Waals surface area contributed by atoms with E-state index in [0.29, 0.717) is 17.8 Å². The number of hydrogen-bond acceptors (Lipinski definition) is 3. The van der Waals surface area contributed by atoms with Gasteiger partial charge in [-0.25, -0.2) is 0 Å². The van der Waals surface area contributed by atoms with Crippen molar-refractivity contribution < 1.29 is 9.30 Å². The monoisotopic (exact) mass is 503 g/mol. The lowest BCUT2D eigenvalue weighted by molar-refractivity contribution is 0.235.